The fourth-order valence-electron chi connectivity index (χ4n) is 4.00. The molecule has 0 aliphatic carbocycles. The normalized spacial score (nSPS) is 17.1. The number of fused-ring (bicyclic) bond motifs is 1. The second-order valence-corrected chi connectivity index (χ2v) is 7.42. The van der Waals surface area contributed by atoms with E-state index in [-0.39, 0.29) is 5.91 Å². The first-order valence-electron chi connectivity index (χ1n) is 9.87. The molecular formula is C21H26N6O. The van der Waals surface area contributed by atoms with Crippen LogP contribution in [-0.2, 0) is 11.2 Å². The molecule has 3 aromatic rings. The molecule has 1 amide bonds. The Kier molecular flexibility index (Phi) is 5.23. The van der Waals surface area contributed by atoms with Gasteiger partial charge in [0, 0.05) is 42.6 Å². The van der Waals surface area contributed by atoms with Crippen molar-refractivity contribution in [1.29, 1.82) is 0 Å². The van der Waals surface area contributed by atoms with Crippen molar-refractivity contribution in [2.24, 2.45) is 0 Å². The molecule has 4 rings (SSSR count). The Morgan fingerprint density at radius 3 is 2.89 bits per heavy atom. The highest BCUT2D eigenvalue weighted by molar-refractivity contribution is 5.76. The smallest absolute Gasteiger partial charge is 0.252 e. The lowest BCUT2D eigenvalue weighted by atomic mass is 10.0. The van der Waals surface area contributed by atoms with E-state index < -0.39 is 0 Å². The van der Waals surface area contributed by atoms with E-state index in [0.29, 0.717) is 24.7 Å². The standard InChI is InChI=1S/C21H26N6O/c1-15-19(16(2)27-21(24-15)22-14-23-27)10-11-20(28)26-12-6-9-18(13-26)25-17-7-4-3-5-8-17/h3-5,7-8,14,18,25H,6,9-13H2,1-2H3. The highest BCUT2D eigenvalue weighted by Gasteiger charge is 2.24. The van der Waals surface area contributed by atoms with Crippen molar-refractivity contribution < 1.29 is 4.79 Å². The molecule has 146 valence electrons. The first-order chi connectivity index (χ1) is 13.6. The SMILES string of the molecule is Cc1nc2ncnn2c(C)c1CCC(=O)N1CCCC(Nc2ccccc2)C1. The summed E-state index contributed by atoms with van der Waals surface area (Å²) in [5.74, 6) is 0.813. The first-order valence-corrected chi connectivity index (χ1v) is 9.87. The summed E-state index contributed by atoms with van der Waals surface area (Å²) in [7, 11) is 0. The number of para-hydroxylation sites is 1. The number of amides is 1. The van der Waals surface area contributed by atoms with Crippen molar-refractivity contribution in [3.8, 4) is 0 Å². The van der Waals surface area contributed by atoms with E-state index in [9.17, 15) is 4.79 Å². The molecule has 1 saturated heterocycles. The second-order valence-electron chi connectivity index (χ2n) is 7.42. The van der Waals surface area contributed by atoms with Crippen LogP contribution in [0.5, 0.6) is 0 Å². The third-order valence-corrected chi connectivity index (χ3v) is 5.50. The molecule has 0 radical (unpaired) electrons. The number of benzene rings is 1. The monoisotopic (exact) mass is 378 g/mol. The fourth-order valence-corrected chi connectivity index (χ4v) is 4.00. The number of aromatic nitrogens is 4. The molecular weight excluding hydrogens is 352 g/mol. The Balaban J connectivity index is 1.38. The van der Waals surface area contributed by atoms with Gasteiger partial charge in [-0.25, -0.2) is 9.50 Å². The van der Waals surface area contributed by atoms with Crippen molar-refractivity contribution in [2.75, 3.05) is 18.4 Å². The topological polar surface area (TPSA) is 75.4 Å². The number of rotatable bonds is 5. The van der Waals surface area contributed by atoms with Gasteiger partial charge in [0.05, 0.1) is 0 Å². The van der Waals surface area contributed by atoms with Crippen molar-refractivity contribution in [3.63, 3.8) is 0 Å². The second kappa shape index (κ2) is 7.96. The summed E-state index contributed by atoms with van der Waals surface area (Å²) in [6, 6.07) is 10.5. The number of nitrogens with zero attached hydrogens (tertiary/aromatic N) is 5. The molecule has 0 saturated carbocycles. The highest BCUT2D eigenvalue weighted by Crippen LogP contribution is 2.19. The summed E-state index contributed by atoms with van der Waals surface area (Å²) in [5.41, 5.74) is 4.13. The summed E-state index contributed by atoms with van der Waals surface area (Å²) in [5, 5.41) is 7.78. The third-order valence-electron chi connectivity index (χ3n) is 5.50. The quantitative estimate of drug-likeness (QED) is 0.739. The predicted molar refractivity (Wildman–Crippen MR) is 108 cm³/mol. The molecule has 1 unspecified atom stereocenters. The first kappa shape index (κ1) is 18.4. The van der Waals surface area contributed by atoms with Crippen LogP contribution in [0.4, 0.5) is 5.69 Å². The van der Waals surface area contributed by atoms with Gasteiger partial charge in [0.25, 0.3) is 5.78 Å². The fraction of sp³-hybridized carbons (Fsp3) is 0.429. The van der Waals surface area contributed by atoms with Gasteiger partial charge in [0.1, 0.15) is 6.33 Å². The van der Waals surface area contributed by atoms with E-state index in [0.717, 1.165) is 48.6 Å². The van der Waals surface area contributed by atoms with Crippen LogP contribution in [0.3, 0.4) is 0 Å². The van der Waals surface area contributed by atoms with Gasteiger partial charge >= 0.3 is 0 Å². The number of hydrogen-bond acceptors (Lipinski definition) is 5. The van der Waals surface area contributed by atoms with Crippen molar-refractivity contribution in [1.82, 2.24) is 24.5 Å². The molecule has 0 spiro atoms. The number of carbonyl (C=O) groups excluding carboxylic acids is 1. The minimum Gasteiger partial charge on any atom is -0.381 e. The minimum absolute atomic E-state index is 0.206. The van der Waals surface area contributed by atoms with Crippen LogP contribution in [-0.4, -0.2) is 49.5 Å². The van der Waals surface area contributed by atoms with Crippen molar-refractivity contribution >= 4 is 17.4 Å². The number of nitrogens with one attached hydrogen (secondary N) is 1. The average Bonchev–Trinajstić information content (AvgIpc) is 3.17. The molecule has 3 heterocycles. The molecule has 1 N–H and O–H groups in total. The van der Waals surface area contributed by atoms with Gasteiger partial charge < -0.3 is 10.2 Å². The van der Waals surface area contributed by atoms with Crippen LogP contribution in [0.1, 0.15) is 36.2 Å². The van der Waals surface area contributed by atoms with E-state index in [1.807, 2.05) is 36.9 Å². The molecule has 1 fully saturated rings. The summed E-state index contributed by atoms with van der Waals surface area (Å²) in [6.45, 7) is 5.58. The minimum atomic E-state index is 0.206. The van der Waals surface area contributed by atoms with E-state index in [4.69, 9.17) is 0 Å². The average molecular weight is 378 g/mol. The lowest BCUT2D eigenvalue weighted by molar-refractivity contribution is -0.132. The molecule has 1 aliphatic rings. The number of piperidine rings is 1. The van der Waals surface area contributed by atoms with Crippen LogP contribution in [0.25, 0.3) is 5.78 Å². The summed E-state index contributed by atoms with van der Waals surface area (Å²) >= 11 is 0. The van der Waals surface area contributed by atoms with Gasteiger partial charge in [-0.1, -0.05) is 18.2 Å². The maximum Gasteiger partial charge on any atom is 0.252 e. The molecule has 2 aromatic heterocycles. The summed E-state index contributed by atoms with van der Waals surface area (Å²) in [4.78, 5) is 23.5. The largest absolute Gasteiger partial charge is 0.381 e. The molecule has 7 nitrogen and oxygen atoms in total. The predicted octanol–water partition coefficient (Wildman–Crippen LogP) is 2.78. The van der Waals surface area contributed by atoms with Crippen LogP contribution in [0.15, 0.2) is 36.7 Å². The third kappa shape index (κ3) is 3.83. The van der Waals surface area contributed by atoms with E-state index in [1.54, 1.807) is 4.52 Å². The van der Waals surface area contributed by atoms with Crippen molar-refractivity contribution in [2.45, 2.75) is 45.6 Å². The van der Waals surface area contributed by atoms with Gasteiger partial charge in [0.2, 0.25) is 5.91 Å². The van der Waals surface area contributed by atoms with E-state index >= 15 is 0 Å². The molecule has 1 aromatic carbocycles. The van der Waals surface area contributed by atoms with Crippen LogP contribution in [0.2, 0.25) is 0 Å². The number of hydrogen-bond donors (Lipinski definition) is 1. The highest BCUT2D eigenvalue weighted by atomic mass is 16.2. The molecule has 0 bridgehead atoms. The Hall–Kier alpha value is -2.96. The zero-order valence-electron chi connectivity index (χ0n) is 16.4. The lowest BCUT2D eigenvalue weighted by Crippen LogP contribution is -2.45. The molecule has 28 heavy (non-hydrogen) atoms. The zero-order chi connectivity index (χ0) is 19.5. The zero-order valence-corrected chi connectivity index (χ0v) is 16.4. The lowest BCUT2D eigenvalue weighted by Gasteiger charge is -2.34. The summed E-state index contributed by atoms with van der Waals surface area (Å²) in [6.07, 6.45) is 4.79. The number of carbonyl (C=O) groups is 1. The van der Waals surface area contributed by atoms with Gasteiger partial charge in [-0.3, -0.25) is 4.79 Å². The van der Waals surface area contributed by atoms with Gasteiger partial charge in [-0.05, 0) is 50.8 Å². The number of aryl methyl sites for hydroxylation is 2. The maximum absolute atomic E-state index is 12.8. The molecule has 1 aliphatic heterocycles. The van der Waals surface area contributed by atoms with Crippen LogP contribution in [0, 0.1) is 13.8 Å². The molecule has 1 atom stereocenters. The Morgan fingerprint density at radius 1 is 1.25 bits per heavy atom. The Bertz CT molecular complexity index is 968. The molecule has 7 heteroatoms. The van der Waals surface area contributed by atoms with Crippen LogP contribution < -0.4 is 5.32 Å². The summed E-state index contributed by atoms with van der Waals surface area (Å²) < 4.78 is 1.74. The van der Waals surface area contributed by atoms with Gasteiger partial charge in [0.15, 0.2) is 0 Å². The number of likely N-dealkylation sites (tertiary alicyclic amines) is 1. The van der Waals surface area contributed by atoms with Gasteiger partial charge in [-0.2, -0.15) is 10.1 Å². The maximum atomic E-state index is 12.8. The van der Waals surface area contributed by atoms with Crippen molar-refractivity contribution in [3.05, 3.63) is 53.6 Å². The Morgan fingerprint density at radius 2 is 2.07 bits per heavy atom. The number of anilines is 1. The van der Waals surface area contributed by atoms with Crippen LogP contribution >= 0.6 is 0 Å². The Labute approximate surface area is 164 Å². The van der Waals surface area contributed by atoms with E-state index in [2.05, 4.69) is 32.5 Å². The van der Waals surface area contributed by atoms with Gasteiger partial charge in [-0.15, -0.1) is 0 Å². The van der Waals surface area contributed by atoms with E-state index in [1.165, 1.54) is 6.33 Å².